The highest BCUT2D eigenvalue weighted by atomic mass is 32.2. The summed E-state index contributed by atoms with van der Waals surface area (Å²) in [4.78, 5) is 23.1. The van der Waals surface area contributed by atoms with Gasteiger partial charge < -0.3 is 10.6 Å². The molecule has 3 aliphatic rings. The van der Waals surface area contributed by atoms with Gasteiger partial charge in [-0.3, -0.25) is 9.79 Å². The van der Waals surface area contributed by atoms with E-state index in [4.69, 9.17) is 5.26 Å². The molecule has 3 aliphatic heterocycles. The van der Waals surface area contributed by atoms with E-state index in [0.29, 0.717) is 11.4 Å². The number of nitriles is 1. The molecule has 12 heteroatoms. The van der Waals surface area contributed by atoms with Crippen molar-refractivity contribution in [2.45, 2.75) is 24.2 Å². The average molecular weight is 476 g/mol. The summed E-state index contributed by atoms with van der Waals surface area (Å²) in [6, 6.07) is 13.0. The fourth-order valence-corrected chi connectivity index (χ4v) is 5.01. The summed E-state index contributed by atoms with van der Waals surface area (Å²) in [6.45, 7) is 3.70. The van der Waals surface area contributed by atoms with Gasteiger partial charge in [0.2, 0.25) is 5.91 Å². The molecule has 0 radical (unpaired) electrons. The van der Waals surface area contributed by atoms with Crippen LogP contribution in [0.4, 0.5) is 11.4 Å². The number of amidine groups is 1. The zero-order valence-corrected chi connectivity index (χ0v) is 19.0. The number of nitrogens with zero attached hydrogens (tertiary/aromatic N) is 5. The molecule has 0 aliphatic carbocycles. The van der Waals surface area contributed by atoms with E-state index < -0.39 is 20.1 Å². The van der Waals surface area contributed by atoms with Gasteiger partial charge in [0.05, 0.1) is 28.1 Å². The number of amides is 1. The number of guanidine groups is 1. The Morgan fingerprint density at radius 2 is 2.00 bits per heavy atom. The van der Waals surface area contributed by atoms with Gasteiger partial charge in [-0.05, 0) is 64.4 Å². The average Bonchev–Trinajstić information content (AvgIpc) is 3.26. The van der Waals surface area contributed by atoms with E-state index in [-0.39, 0.29) is 28.2 Å². The van der Waals surface area contributed by atoms with Crippen molar-refractivity contribution in [3.05, 3.63) is 66.0 Å². The molecule has 3 heterocycles. The number of nitrogens with one attached hydrogen (secondary N) is 3. The van der Waals surface area contributed by atoms with Gasteiger partial charge in [0.25, 0.3) is 16.0 Å². The van der Waals surface area contributed by atoms with Gasteiger partial charge in [-0.1, -0.05) is 12.1 Å². The van der Waals surface area contributed by atoms with Gasteiger partial charge in [0.15, 0.2) is 6.20 Å². The first-order chi connectivity index (χ1) is 16.1. The molecule has 5 rings (SSSR count). The van der Waals surface area contributed by atoms with Crippen LogP contribution in [0.5, 0.6) is 0 Å². The van der Waals surface area contributed by atoms with Crippen molar-refractivity contribution in [2.24, 2.45) is 15.1 Å². The molecule has 0 spiro atoms. The second-order valence-electron chi connectivity index (χ2n) is 8.35. The van der Waals surface area contributed by atoms with Gasteiger partial charge in [-0.15, -0.1) is 4.99 Å². The van der Waals surface area contributed by atoms with Crippen molar-refractivity contribution in [2.75, 3.05) is 10.6 Å². The van der Waals surface area contributed by atoms with Crippen molar-refractivity contribution >= 4 is 45.3 Å². The van der Waals surface area contributed by atoms with Crippen LogP contribution in [0.25, 0.3) is 0 Å². The van der Waals surface area contributed by atoms with E-state index in [2.05, 4.69) is 30.6 Å². The summed E-state index contributed by atoms with van der Waals surface area (Å²) in [6.07, 6.45) is 4.25. The fraction of sp³-hybridized carbons (Fsp3) is 0.136. The topological polar surface area (TPSA) is 148 Å². The number of fused-ring (bicyclic) bond motifs is 2. The van der Waals surface area contributed by atoms with Crippen LogP contribution in [0, 0.1) is 11.3 Å². The minimum absolute atomic E-state index is 0.0806. The van der Waals surface area contributed by atoms with Crippen LogP contribution in [-0.4, -0.2) is 37.0 Å². The molecule has 170 valence electrons. The quantitative estimate of drug-likeness (QED) is 0.580. The maximum absolute atomic E-state index is 13.1. The Labute approximate surface area is 195 Å². The van der Waals surface area contributed by atoms with E-state index in [1.165, 1.54) is 42.9 Å². The third kappa shape index (κ3) is 3.48. The number of carbonyl (C=O) groups is 1. The Morgan fingerprint density at radius 3 is 2.79 bits per heavy atom. The summed E-state index contributed by atoms with van der Waals surface area (Å²) >= 11 is 0. The number of carbonyl (C=O) groups excluding carboxylic acids is 1. The third-order valence-electron chi connectivity index (χ3n) is 5.68. The molecule has 11 nitrogen and oxygen atoms in total. The van der Waals surface area contributed by atoms with E-state index in [1.807, 2.05) is 26.0 Å². The number of hydrogen-bond acceptors (Lipinski definition) is 8. The minimum Gasteiger partial charge on any atom is -0.325 e. The van der Waals surface area contributed by atoms with Crippen molar-refractivity contribution < 1.29 is 17.9 Å². The van der Waals surface area contributed by atoms with Gasteiger partial charge in [0, 0.05) is 11.4 Å². The van der Waals surface area contributed by atoms with Crippen LogP contribution < -0.4 is 15.5 Å². The molecule has 0 aromatic heterocycles. The predicted octanol–water partition coefficient (Wildman–Crippen LogP) is 2.15. The van der Waals surface area contributed by atoms with Gasteiger partial charge in [-0.2, -0.15) is 5.26 Å². The van der Waals surface area contributed by atoms with E-state index >= 15 is 0 Å². The molecule has 0 saturated carbocycles. The number of sulfonamides is 1. The monoisotopic (exact) mass is 475 g/mol. The largest absolute Gasteiger partial charge is 0.325 e. The molecule has 1 atom stereocenters. The van der Waals surface area contributed by atoms with Crippen molar-refractivity contribution in [3.63, 3.8) is 0 Å². The highest BCUT2D eigenvalue weighted by Crippen LogP contribution is 2.38. The Hall–Kier alpha value is -4.18. The molecule has 0 fully saturated rings. The Balaban J connectivity index is 1.45. The molecule has 1 amide bonds. The highest BCUT2D eigenvalue weighted by molar-refractivity contribution is 7.89. The Bertz CT molecular complexity index is 1510. The van der Waals surface area contributed by atoms with Gasteiger partial charge >= 0.3 is 5.84 Å². The second-order valence-corrected chi connectivity index (χ2v) is 10.0. The lowest BCUT2D eigenvalue weighted by Crippen LogP contribution is -2.56. The lowest BCUT2D eigenvalue weighted by molar-refractivity contribution is -0.822. The predicted molar refractivity (Wildman–Crippen MR) is 126 cm³/mol. The first-order valence-electron chi connectivity index (χ1n) is 10.2. The number of hydrogen-bond donors (Lipinski definition) is 3. The lowest BCUT2D eigenvalue weighted by atomic mass is 9.86. The number of quaternary nitrogens is 1. The van der Waals surface area contributed by atoms with E-state index in [1.54, 1.807) is 12.1 Å². The first-order valence-corrected chi connectivity index (χ1v) is 11.7. The lowest BCUT2D eigenvalue weighted by Gasteiger charge is -2.23. The van der Waals surface area contributed by atoms with Crippen LogP contribution in [0.3, 0.4) is 0 Å². The summed E-state index contributed by atoms with van der Waals surface area (Å²) in [7, 11) is -4.08. The van der Waals surface area contributed by atoms with Crippen LogP contribution in [0.2, 0.25) is 0 Å². The molecule has 2 aromatic carbocycles. The van der Waals surface area contributed by atoms with Crippen LogP contribution in [0.15, 0.2) is 74.8 Å². The molecule has 0 bridgehead atoms. The molecule has 1 unspecified atom stereocenters. The smallest absolute Gasteiger partial charge is 0.302 e. The number of aliphatic imine (C=N–C) groups is 2. The molecule has 3 N–H and O–H groups in total. The summed E-state index contributed by atoms with van der Waals surface area (Å²) < 4.78 is 25.5. The van der Waals surface area contributed by atoms with Gasteiger partial charge in [-0.25, -0.2) is 8.42 Å². The van der Waals surface area contributed by atoms with Crippen LogP contribution >= 0.6 is 0 Å². The third-order valence-corrected chi connectivity index (χ3v) is 7.07. The summed E-state index contributed by atoms with van der Waals surface area (Å²) in [5.41, 5.74) is 1.77. The Kier molecular flexibility index (Phi) is 4.73. The number of rotatable bonds is 4. The summed E-state index contributed by atoms with van der Waals surface area (Å²) in [5, 5.41) is 19.5. The highest BCUT2D eigenvalue weighted by Gasteiger charge is 2.45. The summed E-state index contributed by atoms with van der Waals surface area (Å²) in [5.74, 6) is 0.279. The molecule has 2 aromatic rings. The number of anilines is 2. The van der Waals surface area contributed by atoms with Crippen molar-refractivity contribution in [1.82, 2.24) is 4.83 Å². The number of benzene rings is 2. The van der Waals surface area contributed by atoms with Crippen LogP contribution in [-0.2, 0) is 20.2 Å². The fourth-order valence-electron chi connectivity index (χ4n) is 3.80. The molecule has 34 heavy (non-hydrogen) atoms. The second kappa shape index (κ2) is 7.42. The van der Waals surface area contributed by atoms with Crippen molar-refractivity contribution in [1.29, 1.82) is 5.26 Å². The SMILES string of the molecule is CC1(C)C(=O)Nc2cc(NC3=N[N+]4(NS(=O)(=O)c5cccc(C#N)c5)C=CN=CC4=N3)ccc21. The van der Waals surface area contributed by atoms with E-state index in [0.717, 1.165) is 5.56 Å². The maximum Gasteiger partial charge on any atom is 0.302 e. The minimum atomic E-state index is -4.08. The normalized spacial score (nSPS) is 21.7. The molecular formula is C22H19N8O3S+. The van der Waals surface area contributed by atoms with Gasteiger partial charge in [0.1, 0.15) is 6.21 Å². The molecule has 0 saturated heterocycles. The zero-order valence-electron chi connectivity index (χ0n) is 18.1. The first kappa shape index (κ1) is 21.7. The van der Waals surface area contributed by atoms with Crippen LogP contribution in [0.1, 0.15) is 25.0 Å². The van der Waals surface area contributed by atoms with E-state index in [9.17, 15) is 13.2 Å². The Morgan fingerprint density at radius 1 is 1.18 bits per heavy atom. The molecular weight excluding hydrogens is 456 g/mol. The zero-order chi connectivity index (χ0) is 24.1. The maximum atomic E-state index is 13.1. The standard InChI is InChI=1S/C22H18N8O3S/c1-22(2)17-7-6-15(11-18(17)26-20(22)31)25-21-27-19-13-24-8-9-30(19,28-21)29-34(32,33)16-5-3-4-14(10-16)12-23/h3-11,13,29H,1-2H3,(H-,25,26,28,31)/p+1. The van der Waals surface area contributed by atoms with Crippen molar-refractivity contribution in [3.8, 4) is 6.07 Å².